The summed E-state index contributed by atoms with van der Waals surface area (Å²) in [6, 6.07) is 0.548. The Morgan fingerprint density at radius 1 is 1.22 bits per heavy atom. The molecule has 108 valence electrons. The minimum absolute atomic E-state index is 0.177. The van der Waals surface area contributed by atoms with E-state index in [0.29, 0.717) is 12.5 Å². The van der Waals surface area contributed by atoms with E-state index in [1.165, 1.54) is 32.1 Å². The van der Waals surface area contributed by atoms with Gasteiger partial charge in [0.15, 0.2) is 0 Å². The van der Waals surface area contributed by atoms with E-state index >= 15 is 0 Å². The average Bonchev–Trinajstić information content (AvgIpc) is 2.32. The van der Waals surface area contributed by atoms with Crippen molar-refractivity contribution in [2.75, 3.05) is 19.8 Å². The zero-order valence-electron chi connectivity index (χ0n) is 11.1. The van der Waals surface area contributed by atoms with Crippen LogP contribution in [0.1, 0.15) is 45.4 Å². The lowest BCUT2D eigenvalue weighted by Gasteiger charge is -2.31. The van der Waals surface area contributed by atoms with Crippen LogP contribution in [0, 0.1) is 5.92 Å². The van der Waals surface area contributed by atoms with Crippen molar-refractivity contribution in [1.29, 1.82) is 0 Å². The Kier molecular flexibility index (Phi) is 7.00. The predicted molar refractivity (Wildman–Crippen MR) is 65.5 cm³/mol. The molecule has 2 unspecified atom stereocenters. The number of alkyl halides is 3. The summed E-state index contributed by atoms with van der Waals surface area (Å²) in [5, 5.41) is 3.46. The van der Waals surface area contributed by atoms with Crippen molar-refractivity contribution in [2.45, 2.75) is 57.7 Å². The average molecular weight is 267 g/mol. The fourth-order valence-electron chi connectivity index (χ4n) is 2.61. The molecule has 2 nitrogen and oxygen atoms in total. The number of rotatable bonds is 7. The van der Waals surface area contributed by atoms with Gasteiger partial charge in [0, 0.05) is 12.6 Å². The van der Waals surface area contributed by atoms with Crippen LogP contribution in [0.3, 0.4) is 0 Å². The first-order valence-electron chi connectivity index (χ1n) is 6.91. The van der Waals surface area contributed by atoms with E-state index in [1.807, 2.05) is 0 Å². The maximum Gasteiger partial charge on any atom is 0.411 e. The van der Waals surface area contributed by atoms with Gasteiger partial charge in [-0.05, 0) is 31.7 Å². The third-order valence-corrected chi connectivity index (χ3v) is 3.57. The molecule has 1 fully saturated rings. The van der Waals surface area contributed by atoms with Crippen LogP contribution in [-0.4, -0.2) is 32.0 Å². The summed E-state index contributed by atoms with van der Waals surface area (Å²) in [6.45, 7) is 2.00. The van der Waals surface area contributed by atoms with E-state index in [9.17, 15) is 13.2 Å². The molecule has 0 amide bonds. The van der Waals surface area contributed by atoms with Crippen LogP contribution in [0.15, 0.2) is 0 Å². The summed E-state index contributed by atoms with van der Waals surface area (Å²) in [4.78, 5) is 0. The second kappa shape index (κ2) is 8.00. The first-order valence-corrected chi connectivity index (χ1v) is 6.91. The second-order valence-electron chi connectivity index (χ2n) is 5.03. The molecule has 1 aliphatic rings. The van der Waals surface area contributed by atoms with E-state index < -0.39 is 12.8 Å². The summed E-state index contributed by atoms with van der Waals surface area (Å²) in [6.07, 6.45) is 2.67. The Balaban J connectivity index is 2.03. The Bertz CT molecular complexity index is 221. The minimum atomic E-state index is -4.20. The minimum Gasteiger partial charge on any atom is -0.372 e. The van der Waals surface area contributed by atoms with Crippen LogP contribution in [0.2, 0.25) is 0 Å². The summed E-state index contributed by atoms with van der Waals surface area (Å²) in [5.74, 6) is 0.731. The van der Waals surface area contributed by atoms with Gasteiger partial charge in [-0.3, -0.25) is 0 Å². The Labute approximate surface area is 107 Å². The highest BCUT2D eigenvalue weighted by Crippen LogP contribution is 2.26. The molecule has 2 atom stereocenters. The molecule has 0 aromatic heterocycles. The van der Waals surface area contributed by atoms with Gasteiger partial charge in [0.25, 0.3) is 0 Å². The van der Waals surface area contributed by atoms with Crippen molar-refractivity contribution in [2.24, 2.45) is 5.92 Å². The third kappa shape index (κ3) is 6.59. The molecular formula is C13H24F3NO. The van der Waals surface area contributed by atoms with Crippen molar-refractivity contribution < 1.29 is 17.9 Å². The molecular weight excluding hydrogens is 243 g/mol. The smallest absolute Gasteiger partial charge is 0.372 e. The zero-order chi connectivity index (χ0) is 13.4. The van der Waals surface area contributed by atoms with Crippen LogP contribution in [0.4, 0.5) is 13.2 Å². The SMILES string of the molecule is CCC1CCCCC1NCCCOCC(F)(F)F. The molecule has 1 aliphatic carbocycles. The van der Waals surface area contributed by atoms with Gasteiger partial charge >= 0.3 is 6.18 Å². The maximum atomic E-state index is 11.8. The number of halogens is 3. The van der Waals surface area contributed by atoms with Gasteiger partial charge < -0.3 is 10.1 Å². The molecule has 0 radical (unpaired) electrons. The molecule has 0 bridgehead atoms. The van der Waals surface area contributed by atoms with Crippen molar-refractivity contribution in [3.63, 3.8) is 0 Å². The van der Waals surface area contributed by atoms with Crippen molar-refractivity contribution in [3.05, 3.63) is 0 Å². The van der Waals surface area contributed by atoms with Gasteiger partial charge in [0.1, 0.15) is 6.61 Å². The van der Waals surface area contributed by atoms with Crippen LogP contribution < -0.4 is 5.32 Å². The highest BCUT2D eigenvalue weighted by atomic mass is 19.4. The van der Waals surface area contributed by atoms with Gasteiger partial charge in [0.05, 0.1) is 0 Å². The van der Waals surface area contributed by atoms with Crippen LogP contribution in [0.25, 0.3) is 0 Å². The molecule has 1 rings (SSSR count). The van der Waals surface area contributed by atoms with E-state index in [2.05, 4.69) is 17.0 Å². The van der Waals surface area contributed by atoms with Crippen molar-refractivity contribution in [3.8, 4) is 0 Å². The Morgan fingerprint density at radius 2 is 1.94 bits per heavy atom. The van der Waals surface area contributed by atoms with Crippen molar-refractivity contribution in [1.82, 2.24) is 5.32 Å². The number of hydrogen-bond acceptors (Lipinski definition) is 2. The molecule has 18 heavy (non-hydrogen) atoms. The van der Waals surface area contributed by atoms with Gasteiger partial charge in [0.2, 0.25) is 0 Å². The predicted octanol–water partition coefficient (Wildman–Crippen LogP) is 3.51. The van der Waals surface area contributed by atoms with E-state index in [-0.39, 0.29) is 6.61 Å². The molecule has 1 saturated carbocycles. The quantitative estimate of drug-likeness (QED) is 0.713. The second-order valence-corrected chi connectivity index (χ2v) is 5.03. The fraction of sp³-hybridized carbons (Fsp3) is 1.00. The van der Waals surface area contributed by atoms with E-state index in [0.717, 1.165) is 12.5 Å². The van der Waals surface area contributed by atoms with E-state index in [4.69, 9.17) is 0 Å². The molecule has 0 aromatic carbocycles. The highest BCUT2D eigenvalue weighted by Gasteiger charge is 2.27. The lowest BCUT2D eigenvalue weighted by Crippen LogP contribution is -2.39. The lowest BCUT2D eigenvalue weighted by molar-refractivity contribution is -0.174. The number of nitrogens with one attached hydrogen (secondary N) is 1. The molecule has 0 heterocycles. The van der Waals surface area contributed by atoms with Crippen LogP contribution in [-0.2, 0) is 4.74 Å². The summed E-state index contributed by atoms with van der Waals surface area (Å²) >= 11 is 0. The zero-order valence-corrected chi connectivity index (χ0v) is 11.1. The van der Waals surface area contributed by atoms with Gasteiger partial charge in [-0.2, -0.15) is 13.2 Å². The third-order valence-electron chi connectivity index (χ3n) is 3.57. The Morgan fingerprint density at radius 3 is 2.61 bits per heavy atom. The van der Waals surface area contributed by atoms with Gasteiger partial charge in [-0.15, -0.1) is 0 Å². The van der Waals surface area contributed by atoms with E-state index in [1.54, 1.807) is 0 Å². The lowest BCUT2D eigenvalue weighted by atomic mass is 9.83. The normalized spacial score (nSPS) is 25.3. The Hall–Kier alpha value is -0.290. The number of hydrogen-bond donors (Lipinski definition) is 1. The summed E-state index contributed by atoms with van der Waals surface area (Å²) in [7, 11) is 0. The first kappa shape index (κ1) is 15.8. The monoisotopic (exact) mass is 267 g/mol. The molecule has 0 spiro atoms. The van der Waals surface area contributed by atoms with Crippen LogP contribution >= 0.6 is 0 Å². The molecule has 0 saturated heterocycles. The number of ether oxygens (including phenoxy) is 1. The molecule has 5 heteroatoms. The topological polar surface area (TPSA) is 21.3 Å². The van der Waals surface area contributed by atoms with Gasteiger partial charge in [-0.1, -0.05) is 26.2 Å². The van der Waals surface area contributed by atoms with Crippen LogP contribution in [0.5, 0.6) is 0 Å². The maximum absolute atomic E-state index is 11.8. The molecule has 0 aromatic rings. The summed E-state index contributed by atoms with van der Waals surface area (Å²) < 4.78 is 40.0. The highest BCUT2D eigenvalue weighted by molar-refractivity contribution is 4.79. The van der Waals surface area contributed by atoms with Gasteiger partial charge in [-0.25, -0.2) is 0 Å². The van der Waals surface area contributed by atoms with Crippen molar-refractivity contribution >= 4 is 0 Å². The standard InChI is InChI=1S/C13H24F3NO/c1-2-11-6-3-4-7-12(11)17-8-5-9-18-10-13(14,15)16/h11-12,17H,2-10H2,1H3. The molecule has 0 aliphatic heterocycles. The first-order chi connectivity index (χ1) is 8.53. The summed E-state index contributed by atoms with van der Waals surface area (Å²) in [5.41, 5.74) is 0. The largest absolute Gasteiger partial charge is 0.411 e. The fourth-order valence-corrected chi connectivity index (χ4v) is 2.61. The molecule has 1 N–H and O–H groups in total.